The summed E-state index contributed by atoms with van der Waals surface area (Å²) in [6.45, 7) is 0.985. The lowest BCUT2D eigenvalue weighted by Crippen LogP contribution is -2.30. The number of benzene rings is 2. The van der Waals surface area contributed by atoms with Crippen LogP contribution in [0.5, 0.6) is 0 Å². The lowest BCUT2D eigenvalue weighted by molar-refractivity contribution is 0.252. The number of urea groups is 1. The monoisotopic (exact) mass is 355 g/mol. The number of fused-ring (bicyclic) bond motifs is 1. The summed E-state index contributed by atoms with van der Waals surface area (Å²) in [6.07, 6.45) is 0.645. The summed E-state index contributed by atoms with van der Waals surface area (Å²) < 4.78 is 13.1. The molecule has 2 amide bonds. The van der Waals surface area contributed by atoms with Crippen molar-refractivity contribution in [3.63, 3.8) is 0 Å². The average molecular weight is 355 g/mol. The first-order valence-corrected chi connectivity index (χ1v) is 8.15. The maximum Gasteiger partial charge on any atom is 0.319 e. The number of nitrogens with one attached hydrogen (secondary N) is 4. The van der Waals surface area contributed by atoms with E-state index in [9.17, 15) is 14.0 Å². The molecule has 0 aliphatic heterocycles. The number of aromatic nitrogens is 2. The van der Waals surface area contributed by atoms with Crippen LogP contribution < -0.4 is 21.5 Å². The zero-order chi connectivity index (χ0) is 18.4. The zero-order valence-corrected chi connectivity index (χ0v) is 13.9. The Morgan fingerprint density at radius 1 is 1.08 bits per heavy atom. The molecule has 7 nitrogen and oxygen atoms in total. The minimum atomic E-state index is -0.410. The quantitative estimate of drug-likeness (QED) is 0.511. The normalized spacial score (nSPS) is 10.5. The molecule has 1 aromatic heterocycles. The van der Waals surface area contributed by atoms with Crippen molar-refractivity contribution in [1.29, 1.82) is 0 Å². The van der Waals surface area contributed by atoms with Crippen LogP contribution in [0.1, 0.15) is 6.42 Å². The molecule has 8 heteroatoms. The maximum atomic E-state index is 13.1. The summed E-state index contributed by atoms with van der Waals surface area (Å²) in [5.74, 6) is 0.178. The Morgan fingerprint density at radius 2 is 1.88 bits per heavy atom. The van der Waals surface area contributed by atoms with Gasteiger partial charge in [-0.2, -0.15) is 5.10 Å². The molecule has 26 heavy (non-hydrogen) atoms. The van der Waals surface area contributed by atoms with Gasteiger partial charge in [0.2, 0.25) is 0 Å². The standard InChI is InChI=1S/C18H18FN5O2/c19-12-5-3-6-13(11-12)22-18(26)21-10-4-9-20-16-14-7-1-2-8-15(14)17(25)24-23-16/h1-3,5-8,11H,4,9-10H2,(H,20,23)(H,24,25)(H2,21,22,26). The number of rotatable bonds is 6. The molecule has 0 saturated heterocycles. The molecule has 0 fully saturated rings. The van der Waals surface area contributed by atoms with E-state index in [0.29, 0.717) is 36.4 Å². The fourth-order valence-electron chi connectivity index (χ4n) is 2.49. The minimum absolute atomic E-state index is 0.234. The number of H-pyrrole nitrogens is 1. The van der Waals surface area contributed by atoms with Crippen LogP contribution in [0.15, 0.2) is 53.3 Å². The molecule has 0 saturated carbocycles. The van der Waals surface area contributed by atoms with Gasteiger partial charge in [0, 0.05) is 24.2 Å². The van der Waals surface area contributed by atoms with Gasteiger partial charge in [-0.15, -0.1) is 0 Å². The highest BCUT2D eigenvalue weighted by Crippen LogP contribution is 2.16. The number of hydrogen-bond donors (Lipinski definition) is 4. The number of carbonyl (C=O) groups is 1. The Balaban J connectivity index is 1.45. The van der Waals surface area contributed by atoms with Crippen molar-refractivity contribution in [2.24, 2.45) is 0 Å². The molecule has 4 N–H and O–H groups in total. The summed E-state index contributed by atoms with van der Waals surface area (Å²) >= 11 is 0. The highest BCUT2D eigenvalue weighted by atomic mass is 19.1. The smallest absolute Gasteiger partial charge is 0.319 e. The van der Waals surface area contributed by atoms with Crippen LogP contribution in [-0.4, -0.2) is 29.3 Å². The lowest BCUT2D eigenvalue weighted by Gasteiger charge is -2.09. The third-order valence-corrected chi connectivity index (χ3v) is 3.71. The number of nitrogens with zero attached hydrogens (tertiary/aromatic N) is 1. The molecule has 3 aromatic rings. The SMILES string of the molecule is O=C(NCCCNc1n[nH]c(=O)c2ccccc12)Nc1cccc(F)c1. The summed E-state index contributed by atoms with van der Waals surface area (Å²) in [5.41, 5.74) is 0.159. The summed E-state index contributed by atoms with van der Waals surface area (Å²) in [4.78, 5) is 23.5. The van der Waals surface area contributed by atoms with Gasteiger partial charge in [0.25, 0.3) is 5.56 Å². The number of carbonyl (C=O) groups excluding carboxylic acids is 1. The van der Waals surface area contributed by atoms with Gasteiger partial charge in [-0.05, 0) is 30.7 Å². The van der Waals surface area contributed by atoms with E-state index >= 15 is 0 Å². The topological polar surface area (TPSA) is 98.9 Å². The highest BCUT2D eigenvalue weighted by molar-refractivity contribution is 5.91. The molecular formula is C18H18FN5O2. The van der Waals surface area contributed by atoms with Crippen LogP contribution in [-0.2, 0) is 0 Å². The fourth-order valence-corrected chi connectivity index (χ4v) is 2.49. The van der Waals surface area contributed by atoms with Gasteiger partial charge >= 0.3 is 6.03 Å². The van der Waals surface area contributed by atoms with E-state index in [-0.39, 0.29) is 5.56 Å². The highest BCUT2D eigenvalue weighted by Gasteiger charge is 2.05. The van der Waals surface area contributed by atoms with Crippen molar-refractivity contribution in [2.75, 3.05) is 23.7 Å². The first-order chi connectivity index (χ1) is 12.6. The first kappa shape index (κ1) is 17.4. The molecule has 0 aliphatic rings. The van der Waals surface area contributed by atoms with Crippen molar-refractivity contribution in [3.05, 3.63) is 64.7 Å². The molecular weight excluding hydrogens is 337 g/mol. The third kappa shape index (κ3) is 4.35. The number of amides is 2. The van der Waals surface area contributed by atoms with Crippen LogP contribution in [0, 0.1) is 5.82 Å². The molecule has 2 aromatic carbocycles. The molecule has 0 bridgehead atoms. The molecule has 134 valence electrons. The van der Waals surface area contributed by atoms with E-state index in [2.05, 4.69) is 26.1 Å². The summed E-state index contributed by atoms with van der Waals surface area (Å²) in [6, 6.07) is 12.5. The Bertz CT molecular complexity index is 973. The Hall–Kier alpha value is -3.42. The van der Waals surface area contributed by atoms with Gasteiger partial charge in [-0.3, -0.25) is 4.79 Å². The van der Waals surface area contributed by atoms with Crippen molar-refractivity contribution in [1.82, 2.24) is 15.5 Å². The van der Waals surface area contributed by atoms with Crippen molar-refractivity contribution in [2.45, 2.75) is 6.42 Å². The van der Waals surface area contributed by atoms with Gasteiger partial charge in [-0.1, -0.05) is 24.3 Å². The number of hydrogen-bond acceptors (Lipinski definition) is 4. The Morgan fingerprint density at radius 3 is 2.69 bits per heavy atom. The molecule has 1 heterocycles. The molecule has 0 radical (unpaired) electrons. The molecule has 0 unspecified atom stereocenters. The van der Waals surface area contributed by atoms with Crippen LogP contribution in [0.4, 0.5) is 20.7 Å². The van der Waals surface area contributed by atoms with Crippen LogP contribution in [0.3, 0.4) is 0 Å². The van der Waals surface area contributed by atoms with Gasteiger partial charge in [0.15, 0.2) is 5.82 Å². The van der Waals surface area contributed by atoms with Crippen molar-refractivity contribution in [3.8, 4) is 0 Å². The summed E-state index contributed by atoms with van der Waals surface area (Å²) in [5, 5.41) is 16.2. The van der Waals surface area contributed by atoms with Crippen molar-refractivity contribution < 1.29 is 9.18 Å². The molecule has 0 aliphatic carbocycles. The van der Waals surface area contributed by atoms with Crippen LogP contribution >= 0.6 is 0 Å². The Labute approximate surface area is 148 Å². The fraction of sp³-hybridized carbons (Fsp3) is 0.167. The molecule has 0 spiro atoms. The maximum absolute atomic E-state index is 13.1. The summed E-state index contributed by atoms with van der Waals surface area (Å²) in [7, 11) is 0. The van der Waals surface area contributed by atoms with E-state index in [1.165, 1.54) is 18.2 Å². The van der Waals surface area contributed by atoms with Gasteiger partial charge in [-0.25, -0.2) is 14.3 Å². The van der Waals surface area contributed by atoms with Gasteiger partial charge in [0.05, 0.1) is 5.39 Å². The first-order valence-electron chi connectivity index (χ1n) is 8.15. The van der Waals surface area contributed by atoms with Gasteiger partial charge in [0.1, 0.15) is 5.82 Å². The molecule has 3 rings (SSSR count). The van der Waals surface area contributed by atoms with Gasteiger partial charge < -0.3 is 16.0 Å². The minimum Gasteiger partial charge on any atom is -0.368 e. The van der Waals surface area contributed by atoms with E-state index in [1.807, 2.05) is 12.1 Å². The van der Waals surface area contributed by atoms with Crippen molar-refractivity contribution >= 4 is 28.3 Å². The number of halogens is 1. The van der Waals surface area contributed by atoms with E-state index < -0.39 is 11.8 Å². The van der Waals surface area contributed by atoms with E-state index in [0.717, 1.165) is 5.39 Å². The molecule has 0 atom stereocenters. The second kappa shape index (κ2) is 8.11. The lowest BCUT2D eigenvalue weighted by atomic mass is 10.2. The number of anilines is 2. The van der Waals surface area contributed by atoms with Crippen LogP contribution in [0.2, 0.25) is 0 Å². The largest absolute Gasteiger partial charge is 0.368 e. The number of aromatic amines is 1. The predicted molar refractivity (Wildman–Crippen MR) is 98.9 cm³/mol. The second-order valence-electron chi connectivity index (χ2n) is 5.62. The van der Waals surface area contributed by atoms with Crippen LogP contribution in [0.25, 0.3) is 10.8 Å². The Kier molecular flexibility index (Phi) is 5.43. The third-order valence-electron chi connectivity index (χ3n) is 3.71. The van der Waals surface area contributed by atoms with E-state index in [1.54, 1.807) is 18.2 Å². The second-order valence-corrected chi connectivity index (χ2v) is 5.62. The predicted octanol–water partition coefficient (Wildman–Crippen LogP) is 2.69. The zero-order valence-electron chi connectivity index (χ0n) is 13.9. The van der Waals surface area contributed by atoms with E-state index in [4.69, 9.17) is 0 Å². The average Bonchev–Trinajstić information content (AvgIpc) is 2.63.